The normalized spacial score (nSPS) is 26.9. The molecule has 0 aromatic heterocycles. The van der Waals surface area contributed by atoms with Gasteiger partial charge in [0.05, 0.1) is 12.2 Å². The van der Waals surface area contributed by atoms with Crippen LogP contribution in [0.4, 0.5) is 0 Å². The molecule has 0 bridgehead atoms. The van der Waals surface area contributed by atoms with E-state index in [1.807, 2.05) is 25.1 Å². The summed E-state index contributed by atoms with van der Waals surface area (Å²) in [6.07, 6.45) is 4.31. The van der Waals surface area contributed by atoms with Gasteiger partial charge in [0.2, 0.25) is 0 Å². The lowest BCUT2D eigenvalue weighted by Crippen LogP contribution is -2.60. The molecule has 0 aliphatic carbocycles. The molecule has 0 radical (unpaired) electrons. The van der Waals surface area contributed by atoms with Crippen molar-refractivity contribution >= 4 is 5.97 Å². The molecule has 0 saturated carbocycles. The van der Waals surface area contributed by atoms with Crippen molar-refractivity contribution in [1.82, 2.24) is 0 Å². The number of benzene rings is 1. The van der Waals surface area contributed by atoms with E-state index in [1.54, 1.807) is 19.2 Å². The highest BCUT2D eigenvalue weighted by atomic mass is 16.7. The Balaban J connectivity index is 2.56. The summed E-state index contributed by atoms with van der Waals surface area (Å²) in [4.78, 5) is 13.5. The van der Waals surface area contributed by atoms with Crippen molar-refractivity contribution in [2.75, 3.05) is 40.1 Å². The fourth-order valence-corrected chi connectivity index (χ4v) is 4.75. The van der Waals surface area contributed by atoms with Gasteiger partial charge in [-0.25, -0.2) is 4.79 Å². The molecule has 230 valence electrons. The number of esters is 1. The smallest absolute Gasteiger partial charge is 0.338 e. The van der Waals surface area contributed by atoms with Crippen LogP contribution in [-0.4, -0.2) is 82.4 Å². The first-order valence-electron chi connectivity index (χ1n) is 15.4. The maximum Gasteiger partial charge on any atom is 0.338 e. The van der Waals surface area contributed by atoms with Crippen LogP contribution in [0.1, 0.15) is 96.3 Å². The van der Waals surface area contributed by atoms with Gasteiger partial charge in [-0.05, 0) is 44.7 Å². The van der Waals surface area contributed by atoms with Gasteiger partial charge in [-0.2, -0.15) is 0 Å². The van der Waals surface area contributed by atoms with Crippen molar-refractivity contribution < 1.29 is 38.0 Å². The highest BCUT2D eigenvalue weighted by Crippen LogP contribution is 2.38. The van der Waals surface area contributed by atoms with E-state index in [0.29, 0.717) is 38.6 Å². The lowest BCUT2D eigenvalue weighted by atomic mass is 9.90. The minimum Gasteiger partial charge on any atom is -0.447 e. The Labute approximate surface area is 242 Å². The second kappa shape index (κ2) is 19.5. The number of hydrogen-bond acceptors (Lipinski definition) is 8. The molecular formula is C32H54O8. The summed E-state index contributed by atoms with van der Waals surface area (Å²) in [5, 5.41) is 0. The van der Waals surface area contributed by atoms with Gasteiger partial charge in [0.25, 0.3) is 0 Å². The molecule has 0 amide bonds. The predicted octanol–water partition coefficient (Wildman–Crippen LogP) is 6.35. The summed E-state index contributed by atoms with van der Waals surface area (Å²) in [5.74, 6) is -0.480. The third-order valence-corrected chi connectivity index (χ3v) is 7.19. The van der Waals surface area contributed by atoms with Crippen molar-refractivity contribution in [1.29, 1.82) is 0 Å². The van der Waals surface area contributed by atoms with Crippen LogP contribution < -0.4 is 0 Å². The van der Waals surface area contributed by atoms with Gasteiger partial charge >= 0.3 is 5.97 Å². The second-order valence-corrected chi connectivity index (χ2v) is 10.6. The van der Waals surface area contributed by atoms with Crippen LogP contribution in [-0.2, 0) is 33.2 Å². The molecule has 1 aliphatic rings. The number of hydrogen-bond donors (Lipinski definition) is 0. The standard InChI is InChI=1S/C32H54O8/c1-7-11-20-35-24-26-27(36-21-12-8-2)28(37-22-13-9-3)29(38-23-14-10-4)32(5,31(34-6)39-26)40-30(33)25-18-16-15-17-19-25/h15-19,26-29,31H,7-14,20-24H2,1-6H3/t26-,27-,28+,29-,31+,32-/m1/s1. The minimum absolute atomic E-state index is 0.300. The molecule has 6 atom stereocenters. The molecule has 1 saturated heterocycles. The second-order valence-electron chi connectivity index (χ2n) is 10.6. The zero-order chi connectivity index (χ0) is 29.2. The zero-order valence-electron chi connectivity index (χ0n) is 25.7. The van der Waals surface area contributed by atoms with Crippen LogP contribution in [0.3, 0.4) is 0 Å². The molecule has 1 heterocycles. The van der Waals surface area contributed by atoms with Crippen molar-refractivity contribution in [2.45, 2.75) is 122 Å². The largest absolute Gasteiger partial charge is 0.447 e. The third-order valence-electron chi connectivity index (χ3n) is 7.19. The molecular weight excluding hydrogens is 512 g/mol. The predicted molar refractivity (Wildman–Crippen MR) is 156 cm³/mol. The highest BCUT2D eigenvalue weighted by molar-refractivity contribution is 5.89. The molecule has 1 aliphatic heterocycles. The third kappa shape index (κ3) is 10.4. The topological polar surface area (TPSA) is 81.7 Å². The van der Waals surface area contributed by atoms with E-state index < -0.39 is 42.3 Å². The van der Waals surface area contributed by atoms with E-state index >= 15 is 0 Å². The summed E-state index contributed by atoms with van der Waals surface area (Å²) < 4.78 is 44.6. The molecule has 0 N–H and O–H groups in total. The first-order valence-corrected chi connectivity index (χ1v) is 15.4. The highest BCUT2D eigenvalue weighted by Gasteiger charge is 2.58. The van der Waals surface area contributed by atoms with Crippen molar-refractivity contribution in [3.63, 3.8) is 0 Å². The van der Waals surface area contributed by atoms with Gasteiger partial charge in [0, 0.05) is 33.5 Å². The Hall–Kier alpha value is -1.55. The van der Waals surface area contributed by atoms with Gasteiger partial charge in [-0.1, -0.05) is 71.6 Å². The molecule has 8 heteroatoms. The van der Waals surface area contributed by atoms with Crippen LogP contribution in [0.15, 0.2) is 30.3 Å². The quantitative estimate of drug-likeness (QED) is 0.133. The fraction of sp³-hybridized carbons (Fsp3) is 0.781. The molecule has 0 unspecified atom stereocenters. The molecule has 8 nitrogen and oxygen atoms in total. The number of unbranched alkanes of at least 4 members (excludes halogenated alkanes) is 4. The summed E-state index contributed by atoms with van der Waals surface area (Å²) in [5.41, 5.74) is -0.898. The van der Waals surface area contributed by atoms with Gasteiger partial charge in [0.1, 0.15) is 24.4 Å². The van der Waals surface area contributed by atoms with Crippen molar-refractivity contribution in [3.8, 4) is 0 Å². The first kappa shape index (κ1) is 34.7. The maximum atomic E-state index is 13.5. The summed E-state index contributed by atoms with van der Waals surface area (Å²) in [7, 11) is 1.56. The lowest BCUT2D eigenvalue weighted by molar-refractivity contribution is -0.267. The molecule has 1 aromatic carbocycles. The fourth-order valence-electron chi connectivity index (χ4n) is 4.75. The average Bonchev–Trinajstić information content (AvgIpc) is 3.05. The van der Waals surface area contributed by atoms with Gasteiger partial charge in [0.15, 0.2) is 11.9 Å². The summed E-state index contributed by atoms with van der Waals surface area (Å²) in [6, 6.07) is 8.94. The van der Waals surface area contributed by atoms with E-state index in [0.717, 1.165) is 51.4 Å². The molecule has 2 rings (SSSR count). The van der Waals surface area contributed by atoms with E-state index in [-0.39, 0.29) is 0 Å². The minimum atomic E-state index is -1.34. The van der Waals surface area contributed by atoms with Crippen molar-refractivity contribution in [3.05, 3.63) is 35.9 Å². The van der Waals surface area contributed by atoms with Crippen molar-refractivity contribution in [2.24, 2.45) is 0 Å². The van der Waals surface area contributed by atoms with E-state index in [2.05, 4.69) is 27.7 Å². The Morgan fingerprint density at radius 1 is 0.800 bits per heavy atom. The average molecular weight is 567 g/mol. The first-order chi connectivity index (χ1) is 19.5. The number of ether oxygens (including phenoxy) is 7. The molecule has 0 spiro atoms. The zero-order valence-corrected chi connectivity index (χ0v) is 25.7. The van der Waals surface area contributed by atoms with Gasteiger partial charge in [-0.3, -0.25) is 0 Å². The number of rotatable bonds is 20. The monoisotopic (exact) mass is 566 g/mol. The Kier molecular flexibility index (Phi) is 16.9. The van der Waals surface area contributed by atoms with Gasteiger partial charge < -0.3 is 33.2 Å². The summed E-state index contributed by atoms with van der Waals surface area (Å²) >= 11 is 0. The lowest BCUT2D eigenvalue weighted by Gasteiger charge is -2.42. The van der Waals surface area contributed by atoms with Crippen LogP contribution in [0.5, 0.6) is 0 Å². The summed E-state index contributed by atoms with van der Waals surface area (Å²) in [6.45, 7) is 12.8. The number of methoxy groups -OCH3 is 1. The number of carbonyl (C=O) groups is 1. The van der Waals surface area contributed by atoms with E-state index in [4.69, 9.17) is 33.2 Å². The Bertz CT molecular complexity index is 790. The van der Waals surface area contributed by atoms with Crippen LogP contribution in [0.2, 0.25) is 0 Å². The van der Waals surface area contributed by atoms with Crippen LogP contribution >= 0.6 is 0 Å². The Morgan fingerprint density at radius 3 is 1.93 bits per heavy atom. The maximum absolute atomic E-state index is 13.5. The Morgan fingerprint density at radius 2 is 1.35 bits per heavy atom. The SMILES string of the molecule is CCCCOC[C@H]1O[C@H](OC)[C@](C)(OC(=O)c2ccccc2)[C@H](OCCCC)[C@@H](OCCCC)[C@@H]1OCCCC. The van der Waals surface area contributed by atoms with Crippen LogP contribution in [0, 0.1) is 0 Å². The van der Waals surface area contributed by atoms with Crippen LogP contribution in [0.25, 0.3) is 0 Å². The molecule has 40 heavy (non-hydrogen) atoms. The van der Waals surface area contributed by atoms with Gasteiger partial charge in [-0.15, -0.1) is 0 Å². The number of carbonyl (C=O) groups excluding carboxylic acids is 1. The van der Waals surface area contributed by atoms with E-state index in [1.165, 1.54) is 0 Å². The molecule has 1 aromatic rings. The molecule has 1 fully saturated rings. The van der Waals surface area contributed by atoms with E-state index in [9.17, 15) is 4.79 Å².